The molecular formula is C18H20N2O3. The first-order valence-electron chi connectivity index (χ1n) is 7.35. The average molecular weight is 312 g/mol. The summed E-state index contributed by atoms with van der Waals surface area (Å²) < 4.78 is 0. The first-order valence-corrected chi connectivity index (χ1v) is 7.35. The Hall–Kier alpha value is -2.69. The SMILES string of the molecule is Cc1ccc(C(=O)Nc2ccc(C(C)(C)C)cc2[N+](=O)[O-])cc1. The maximum absolute atomic E-state index is 12.2. The standard InChI is InChI=1S/C18H20N2O3/c1-12-5-7-13(8-6-12)17(21)19-15-10-9-14(18(2,3)4)11-16(15)20(22)23/h5-11H,1-4H3,(H,19,21). The summed E-state index contributed by atoms with van der Waals surface area (Å²) in [5.74, 6) is -0.364. The highest BCUT2D eigenvalue weighted by Crippen LogP contribution is 2.31. The maximum atomic E-state index is 12.2. The predicted molar refractivity (Wildman–Crippen MR) is 90.9 cm³/mol. The number of hydrogen-bond acceptors (Lipinski definition) is 3. The first kappa shape index (κ1) is 16.7. The summed E-state index contributed by atoms with van der Waals surface area (Å²) in [5.41, 5.74) is 2.25. The molecule has 0 saturated carbocycles. The van der Waals surface area contributed by atoms with E-state index in [2.05, 4.69) is 5.32 Å². The molecule has 0 aliphatic rings. The van der Waals surface area contributed by atoms with Gasteiger partial charge >= 0.3 is 0 Å². The Kier molecular flexibility index (Phi) is 4.50. The molecule has 0 atom stereocenters. The molecule has 0 aliphatic heterocycles. The van der Waals surface area contributed by atoms with E-state index in [9.17, 15) is 14.9 Å². The molecule has 23 heavy (non-hydrogen) atoms. The Morgan fingerprint density at radius 1 is 1.09 bits per heavy atom. The lowest BCUT2D eigenvalue weighted by Gasteiger charge is -2.19. The fourth-order valence-electron chi connectivity index (χ4n) is 2.15. The van der Waals surface area contributed by atoms with Gasteiger partial charge in [0.1, 0.15) is 5.69 Å². The molecule has 0 saturated heterocycles. The van der Waals surface area contributed by atoms with E-state index < -0.39 is 4.92 Å². The zero-order chi connectivity index (χ0) is 17.2. The number of nitro groups is 1. The summed E-state index contributed by atoms with van der Waals surface area (Å²) >= 11 is 0. The summed E-state index contributed by atoms with van der Waals surface area (Å²) in [4.78, 5) is 23.1. The fourth-order valence-corrected chi connectivity index (χ4v) is 2.15. The number of carbonyl (C=O) groups excluding carboxylic acids is 1. The van der Waals surface area contributed by atoms with Crippen LogP contribution in [0, 0.1) is 17.0 Å². The van der Waals surface area contributed by atoms with Crippen LogP contribution in [0.4, 0.5) is 11.4 Å². The highest BCUT2D eigenvalue weighted by molar-refractivity contribution is 6.05. The Bertz CT molecular complexity index is 744. The lowest BCUT2D eigenvalue weighted by molar-refractivity contribution is -0.384. The number of anilines is 1. The van der Waals surface area contributed by atoms with Gasteiger partial charge in [-0.1, -0.05) is 44.5 Å². The molecule has 1 amide bonds. The van der Waals surface area contributed by atoms with E-state index in [1.807, 2.05) is 39.8 Å². The lowest BCUT2D eigenvalue weighted by atomic mass is 9.86. The van der Waals surface area contributed by atoms with Crippen molar-refractivity contribution in [3.05, 3.63) is 69.3 Å². The number of rotatable bonds is 3. The highest BCUT2D eigenvalue weighted by Gasteiger charge is 2.22. The van der Waals surface area contributed by atoms with Crippen molar-refractivity contribution in [3.8, 4) is 0 Å². The smallest absolute Gasteiger partial charge is 0.293 e. The minimum Gasteiger partial charge on any atom is -0.316 e. The van der Waals surface area contributed by atoms with Crippen LogP contribution in [0.2, 0.25) is 0 Å². The van der Waals surface area contributed by atoms with Gasteiger partial charge in [-0.25, -0.2) is 0 Å². The van der Waals surface area contributed by atoms with E-state index in [0.29, 0.717) is 5.56 Å². The Morgan fingerprint density at radius 3 is 2.22 bits per heavy atom. The molecule has 0 aliphatic carbocycles. The third-order valence-electron chi connectivity index (χ3n) is 3.62. The van der Waals surface area contributed by atoms with E-state index in [4.69, 9.17) is 0 Å². The van der Waals surface area contributed by atoms with Crippen LogP contribution in [0.15, 0.2) is 42.5 Å². The predicted octanol–water partition coefficient (Wildman–Crippen LogP) is 4.45. The second-order valence-electron chi connectivity index (χ2n) is 6.56. The molecular weight excluding hydrogens is 292 g/mol. The van der Waals surface area contributed by atoms with Gasteiger partial charge in [0.05, 0.1) is 4.92 Å². The van der Waals surface area contributed by atoms with Gasteiger partial charge in [0.2, 0.25) is 0 Å². The number of nitrogens with one attached hydrogen (secondary N) is 1. The van der Waals surface area contributed by atoms with Crippen LogP contribution in [-0.2, 0) is 5.41 Å². The van der Waals surface area contributed by atoms with Gasteiger partial charge in [0, 0.05) is 11.6 Å². The molecule has 0 radical (unpaired) electrons. The number of nitro benzene ring substituents is 1. The molecule has 1 N–H and O–H groups in total. The van der Waals surface area contributed by atoms with Crippen molar-refractivity contribution in [2.24, 2.45) is 0 Å². The molecule has 0 spiro atoms. The van der Waals surface area contributed by atoms with Crippen molar-refractivity contribution in [2.45, 2.75) is 33.1 Å². The van der Waals surface area contributed by atoms with E-state index in [-0.39, 0.29) is 22.7 Å². The summed E-state index contributed by atoms with van der Waals surface area (Å²) in [6.45, 7) is 7.88. The van der Waals surface area contributed by atoms with Gasteiger partial charge < -0.3 is 5.32 Å². The molecule has 120 valence electrons. The minimum absolute atomic E-state index is 0.0992. The van der Waals surface area contributed by atoms with Gasteiger partial charge in [-0.15, -0.1) is 0 Å². The third kappa shape index (κ3) is 3.94. The Balaban J connectivity index is 2.34. The summed E-state index contributed by atoms with van der Waals surface area (Å²) in [5, 5.41) is 13.9. The van der Waals surface area contributed by atoms with Crippen LogP contribution in [0.3, 0.4) is 0 Å². The second-order valence-corrected chi connectivity index (χ2v) is 6.56. The minimum atomic E-state index is -0.472. The van der Waals surface area contributed by atoms with E-state index in [1.54, 1.807) is 24.3 Å². The zero-order valence-electron chi connectivity index (χ0n) is 13.7. The lowest BCUT2D eigenvalue weighted by Crippen LogP contribution is -2.15. The van der Waals surface area contributed by atoms with Crippen molar-refractivity contribution >= 4 is 17.3 Å². The Labute approximate surface area is 135 Å². The zero-order valence-corrected chi connectivity index (χ0v) is 13.7. The van der Waals surface area contributed by atoms with Crippen molar-refractivity contribution in [1.82, 2.24) is 0 Å². The average Bonchev–Trinajstić information content (AvgIpc) is 2.46. The molecule has 5 nitrogen and oxygen atoms in total. The molecule has 5 heteroatoms. The van der Waals surface area contributed by atoms with Crippen molar-refractivity contribution in [3.63, 3.8) is 0 Å². The first-order chi connectivity index (χ1) is 10.7. The van der Waals surface area contributed by atoms with Crippen LogP contribution < -0.4 is 5.32 Å². The quantitative estimate of drug-likeness (QED) is 0.672. The number of nitrogens with zero attached hydrogens (tertiary/aromatic N) is 1. The van der Waals surface area contributed by atoms with Crippen LogP contribution in [0.5, 0.6) is 0 Å². The fraction of sp³-hybridized carbons (Fsp3) is 0.278. The van der Waals surface area contributed by atoms with Crippen LogP contribution >= 0.6 is 0 Å². The van der Waals surface area contributed by atoms with Gasteiger partial charge in [-0.2, -0.15) is 0 Å². The number of aryl methyl sites for hydroxylation is 1. The van der Waals surface area contributed by atoms with Crippen LogP contribution in [-0.4, -0.2) is 10.8 Å². The van der Waals surface area contributed by atoms with E-state index >= 15 is 0 Å². The van der Waals surface area contributed by atoms with E-state index in [0.717, 1.165) is 11.1 Å². The number of hydrogen-bond donors (Lipinski definition) is 1. The number of amides is 1. The largest absolute Gasteiger partial charge is 0.316 e. The topological polar surface area (TPSA) is 72.2 Å². The maximum Gasteiger partial charge on any atom is 0.293 e. The van der Waals surface area contributed by atoms with Crippen molar-refractivity contribution in [1.29, 1.82) is 0 Å². The molecule has 2 rings (SSSR count). The molecule has 0 unspecified atom stereocenters. The molecule has 0 heterocycles. The van der Waals surface area contributed by atoms with Crippen LogP contribution in [0.25, 0.3) is 0 Å². The number of benzene rings is 2. The van der Waals surface area contributed by atoms with Gasteiger partial charge in [0.15, 0.2) is 0 Å². The van der Waals surface area contributed by atoms with Gasteiger partial charge in [-0.05, 0) is 36.1 Å². The molecule has 0 bridgehead atoms. The molecule has 2 aromatic rings. The van der Waals surface area contributed by atoms with Gasteiger partial charge in [-0.3, -0.25) is 14.9 Å². The van der Waals surface area contributed by atoms with Gasteiger partial charge in [0.25, 0.3) is 11.6 Å². The Morgan fingerprint density at radius 2 is 1.70 bits per heavy atom. The molecule has 2 aromatic carbocycles. The van der Waals surface area contributed by atoms with Crippen molar-refractivity contribution < 1.29 is 9.72 Å². The number of carbonyl (C=O) groups is 1. The van der Waals surface area contributed by atoms with Crippen molar-refractivity contribution in [2.75, 3.05) is 5.32 Å². The normalized spacial score (nSPS) is 11.1. The monoisotopic (exact) mass is 312 g/mol. The summed E-state index contributed by atoms with van der Waals surface area (Å²) in [7, 11) is 0. The van der Waals surface area contributed by atoms with E-state index in [1.165, 1.54) is 6.07 Å². The highest BCUT2D eigenvalue weighted by atomic mass is 16.6. The molecule has 0 aromatic heterocycles. The summed E-state index contributed by atoms with van der Waals surface area (Å²) in [6.07, 6.45) is 0. The summed E-state index contributed by atoms with van der Waals surface area (Å²) in [6, 6.07) is 11.9. The third-order valence-corrected chi connectivity index (χ3v) is 3.62. The second kappa shape index (κ2) is 6.20. The molecule has 0 fully saturated rings. The van der Waals surface area contributed by atoms with Crippen LogP contribution in [0.1, 0.15) is 42.3 Å².